The molecule has 1 aliphatic carbocycles. The number of halogens is 1. The van der Waals surface area contributed by atoms with E-state index in [1.807, 2.05) is 50.1 Å². The third kappa shape index (κ3) is 2.70. The zero-order valence-electron chi connectivity index (χ0n) is 12.4. The van der Waals surface area contributed by atoms with Crippen LogP contribution in [0.15, 0.2) is 24.3 Å². The van der Waals surface area contributed by atoms with Crippen LogP contribution in [0.2, 0.25) is 5.02 Å². The Hall–Kier alpha value is -1.06. The molecular weight excluding hydrogens is 272 g/mol. The van der Waals surface area contributed by atoms with Crippen molar-refractivity contribution in [2.45, 2.75) is 45.2 Å². The molecule has 0 bridgehead atoms. The topological polar surface area (TPSA) is 46.3 Å². The average molecular weight is 295 g/mol. The first-order chi connectivity index (χ1) is 9.36. The van der Waals surface area contributed by atoms with E-state index in [9.17, 15) is 4.79 Å². The van der Waals surface area contributed by atoms with Crippen molar-refractivity contribution in [2.24, 2.45) is 11.1 Å². The van der Waals surface area contributed by atoms with Gasteiger partial charge in [0.1, 0.15) is 0 Å². The smallest absolute Gasteiger partial charge is 0.230 e. The quantitative estimate of drug-likeness (QED) is 0.929. The summed E-state index contributed by atoms with van der Waals surface area (Å²) in [6.07, 6.45) is 2.85. The molecule has 0 heterocycles. The first-order valence-electron chi connectivity index (χ1n) is 7.14. The molecule has 4 heteroatoms. The van der Waals surface area contributed by atoms with Gasteiger partial charge in [0.15, 0.2) is 0 Å². The van der Waals surface area contributed by atoms with Crippen LogP contribution >= 0.6 is 11.6 Å². The molecule has 3 atom stereocenters. The van der Waals surface area contributed by atoms with Crippen LogP contribution in [-0.4, -0.2) is 23.9 Å². The normalized spacial score (nSPS) is 27.4. The van der Waals surface area contributed by atoms with Gasteiger partial charge in [-0.25, -0.2) is 0 Å². The Labute approximate surface area is 126 Å². The minimum atomic E-state index is -0.421. The fraction of sp³-hybridized carbons (Fsp3) is 0.562. The standard InChI is InChI=1S/C16H23ClN2O/c1-11(12-6-8-13(17)9-7-12)19(3)15(20)16(2)10-4-5-14(16)18/h6-9,11,14H,4-5,10,18H2,1-3H3. The number of hydrogen-bond donors (Lipinski definition) is 1. The van der Waals surface area contributed by atoms with E-state index in [1.54, 1.807) is 0 Å². The SMILES string of the molecule is CC(c1ccc(Cl)cc1)N(C)C(=O)C1(C)CCCC1N. The van der Waals surface area contributed by atoms with Crippen molar-refractivity contribution >= 4 is 17.5 Å². The van der Waals surface area contributed by atoms with Crippen LogP contribution in [0.1, 0.15) is 44.7 Å². The lowest BCUT2D eigenvalue weighted by Crippen LogP contribution is -2.48. The second-order valence-electron chi connectivity index (χ2n) is 6.06. The first-order valence-corrected chi connectivity index (χ1v) is 7.52. The summed E-state index contributed by atoms with van der Waals surface area (Å²) in [5.41, 5.74) is 6.81. The molecule has 1 aromatic carbocycles. The second kappa shape index (κ2) is 5.74. The van der Waals surface area contributed by atoms with Crippen LogP contribution in [-0.2, 0) is 4.79 Å². The molecule has 2 rings (SSSR count). The molecule has 1 amide bonds. The summed E-state index contributed by atoms with van der Waals surface area (Å²) in [5.74, 6) is 0.143. The van der Waals surface area contributed by atoms with Crippen molar-refractivity contribution in [1.82, 2.24) is 4.90 Å². The van der Waals surface area contributed by atoms with E-state index in [-0.39, 0.29) is 18.0 Å². The van der Waals surface area contributed by atoms with Gasteiger partial charge in [0.2, 0.25) is 5.91 Å². The number of rotatable bonds is 3. The summed E-state index contributed by atoms with van der Waals surface area (Å²) < 4.78 is 0. The molecule has 0 aromatic heterocycles. The molecule has 0 aliphatic heterocycles. The lowest BCUT2D eigenvalue weighted by molar-refractivity contribution is -0.142. The van der Waals surface area contributed by atoms with Crippen LogP contribution in [0.5, 0.6) is 0 Å². The Bertz CT molecular complexity index is 488. The summed E-state index contributed by atoms with van der Waals surface area (Å²) in [6, 6.07) is 7.63. The van der Waals surface area contributed by atoms with Crippen LogP contribution in [0.25, 0.3) is 0 Å². The van der Waals surface area contributed by atoms with Gasteiger partial charge >= 0.3 is 0 Å². The highest BCUT2D eigenvalue weighted by atomic mass is 35.5. The van der Waals surface area contributed by atoms with E-state index in [1.165, 1.54) is 0 Å². The number of carbonyl (C=O) groups is 1. The van der Waals surface area contributed by atoms with Crippen LogP contribution in [0.4, 0.5) is 0 Å². The molecule has 3 nitrogen and oxygen atoms in total. The maximum Gasteiger partial charge on any atom is 0.230 e. The highest BCUT2D eigenvalue weighted by Gasteiger charge is 2.45. The van der Waals surface area contributed by atoms with Crippen molar-refractivity contribution in [1.29, 1.82) is 0 Å². The molecule has 110 valence electrons. The van der Waals surface area contributed by atoms with E-state index in [0.717, 1.165) is 24.8 Å². The highest BCUT2D eigenvalue weighted by Crippen LogP contribution is 2.39. The van der Waals surface area contributed by atoms with E-state index in [4.69, 9.17) is 17.3 Å². The Kier molecular flexibility index (Phi) is 4.40. The molecule has 1 aromatic rings. The van der Waals surface area contributed by atoms with Gasteiger partial charge in [-0.3, -0.25) is 4.79 Å². The summed E-state index contributed by atoms with van der Waals surface area (Å²) in [4.78, 5) is 14.6. The average Bonchev–Trinajstić information content (AvgIpc) is 2.78. The van der Waals surface area contributed by atoms with E-state index in [2.05, 4.69) is 0 Å². The molecule has 1 saturated carbocycles. The fourth-order valence-electron chi connectivity index (χ4n) is 3.00. The Morgan fingerprint density at radius 1 is 1.45 bits per heavy atom. The Morgan fingerprint density at radius 2 is 2.05 bits per heavy atom. The first kappa shape index (κ1) is 15.3. The van der Waals surface area contributed by atoms with E-state index in [0.29, 0.717) is 5.02 Å². The van der Waals surface area contributed by atoms with Crippen molar-refractivity contribution < 1.29 is 4.79 Å². The van der Waals surface area contributed by atoms with Gasteiger partial charge in [0, 0.05) is 18.1 Å². The predicted octanol–water partition coefficient (Wildman–Crippen LogP) is 3.38. The molecule has 1 fully saturated rings. The largest absolute Gasteiger partial charge is 0.338 e. The van der Waals surface area contributed by atoms with Gasteiger partial charge in [-0.05, 0) is 44.4 Å². The number of nitrogens with two attached hydrogens (primary N) is 1. The third-order valence-electron chi connectivity index (χ3n) is 4.77. The fourth-order valence-corrected chi connectivity index (χ4v) is 3.13. The monoisotopic (exact) mass is 294 g/mol. The summed E-state index contributed by atoms with van der Waals surface area (Å²) >= 11 is 5.91. The lowest BCUT2D eigenvalue weighted by atomic mass is 9.83. The maximum atomic E-state index is 12.8. The van der Waals surface area contributed by atoms with E-state index >= 15 is 0 Å². The number of nitrogens with zero attached hydrogens (tertiary/aromatic N) is 1. The van der Waals surface area contributed by atoms with Gasteiger partial charge in [0.05, 0.1) is 11.5 Å². The summed E-state index contributed by atoms with van der Waals surface area (Å²) in [5, 5.41) is 0.708. The van der Waals surface area contributed by atoms with E-state index < -0.39 is 5.41 Å². The minimum Gasteiger partial charge on any atom is -0.338 e. The molecular formula is C16H23ClN2O. The van der Waals surface area contributed by atoms with Crippen molar-refractivity contribution in [2.75, 3.05) is 7.05 Å². The zero-order chi connectivity index (χ0) is 14.9. The third-order valence-corrected chi connectivity index (χ3v) is 5.02. The van der Waals surface area contributed by atoms with Crippen LogP contribution < -0.4 is 5.73 Å². The summed E-state index contributed by atoms with van der Waals surface area (Å²) in [7, 11) is 1.86. The Balaban J connectivity index is 2.16. The minimum absolute atomic E-state index is 0.0180. The molecule has 20 heavy (non-hydrogen) atoms. The zero-order valence-corrected chi connectivity index (χ0v) is 13.2. The van der Waals surface area contributed by atoms with Gasteiger partial charge in [-0.15, -0.1) is 0 Å². The van der Waals surface area contributed by atoms with Gasteiger partial charge < -0.3 is 10.6 Å². The van der Waals surface area contributed by atoms with Crippen LogP contribution in [0, 0.1) is 5.41 Å². The highest BCUT2D eigenvalue weighted by molar-refractivity contribution is 6.30. The van der Waals surface area contributed by atoms with Crippen LogP contribution in [0.3, 0.4) is 0 Å². The molecule has 2 N–H and O–H groups in total. The lowest BCUT2D eigenvalue weighted by Gasteiger charge is -2.35. The van der Waals surface area contributed by atoms with Crippen molar-refractivity contribution in [3.8, 4) is 0 Å². The number of hydrogen-bond acceptors (Lipinski definition) is 2. The van der Waals surface area contributed by atoms with Crippen molar-refractivity contribution in [3.05, 3.63) is 34.9 Å². The molecule has 0 spiro atoms. The van der Waals surface area contributed by atoms with Gasteiger partial charge in [-0.1, -0.05) is 30.2 Å². The number of carbonyl (C=O) groups excluding carboxylic acids is 1. The molecule has 1 aliphatic rings. The number of benzene rings is 1. The second-order valence-corrected chi connectivity index (χ2v) is 6.50. The maximum absolute atomic E-state index is 12.8. The molecule has 3 unspecified atom stereocenters. The van der Waals surface area contributed by atoms with Gasteiger partial charge in [0.25, 0.3) is 0 Å². The van der Waals surface area contributed by atoms with Crippen molar-refractivity contribution in [3.63, 3.8) is 0 Å². The predicted molar refractivity (Wildman–Crippen MR) is 82.6 cm³/mol. The summed E-state index contributed by atoms with van der Waals surface area (Å²) in [6.45, 7) is 4.03. The van der Waals surface area contributed by atoms with Gasteiger partial charge in [-0.2, -0.15) is 0 Å². The molecule has 0 radical (unpaired) electrons. The number of amides is 1. The molecule has 0 saturated heterocycles. The Morgan fingerprint density at radius 3 is 2.55 bits per heavy atom.